The predicted octanol–water partition coefficient (Wildman–Crippen LogP) is 9.63. The lowest BCUT2D eigenvalue weighted by atomic mass is 10.0. The zero-order chi connectivity index (χ0) is 32.7. The Morgan fingerprint density at radius 2 is 0.630 bits per heavy atom. The Kier molecular flexibility index (Phi) is 7.45. The highest BCUT2D eigenvalue weighted by Gasteiger charge is 2.47. The van der Waals surface area contributed by atoms with Crippen LogP contribution in [0.4, 0.5) is 0 Å². The molecule has 0 fully saturated rings. The van der Waals surface area contributed by atoms with Gasteiger partial charge in [0.1, 0.15) is 23.0 Å². The second kappa shape index (κ2) is 11.0. The number of fused-ring (bicyclic) bond motifs is 6. The fourth-order valence-electron chi connectivity index (χ4n) is 7.14. The van der Waals surface area contributed by atoms with Gasteiger partial charge in [0.25, 0.3) is 0 Å². The van der Waals surface area contributed by atoms with Gasteiger partial charge in [-0.25, -0.2) is 9.13 Å². The minimum atomic E-state index is -3.33. The van der Waals surface area contributed by atoms with E-state index in [9.17, 15) is 9.13 Å². The van der Waals surface area contributed by atoms with Crippen LogP contribution in [0, 0.1) is 55.4 Å². The summed E-state index contributed by atoms with van der Waals surface area (Å²) in [6.07, 6.45) is 0. The third kappa shape index (κ3) is 5.36. The van der Waals surface area contributed by atoms with Crippen molar-refractivity contribution >= 4 is 15.5 Å². The van der Waals surface area contributed by atoms with Crippen LogP contribution in [0.2, 0.25) is 0 Å². The first-order chi connectivity index (χ1) is 21.7. The van der Waals surface area contributed by atoms with Gasteiger partial charge >= 0.3 is 15.5 Å². The molecule has 4 aliphatic rings. The zero-order valence-electron chi connectivity index (χ0n) is 27.7. The van der Waals surface area contributed by atoms with Crippen LogP contribution < -0.4 is 18.1 Å². The summed E-state index contributed by atoms with van der Waals surface area (Å²) in [4.78, 5) is 0. The molecule has 8 nitrogen and oxygen atoms in total. The molecule has 4 aliphatic heterocycles. The topological polar surface area (TPSA) is 77.5 Å². The second-order valence-corrected chi connectivity index (χ2v) is 17.0. The normalized spacial score (nSPS) is 18.3. The average molecular weight is 659 g/mol. The van der Waals surface area contributed by atoms with E-state index in [1.807, 2.05) is 61.3 Å². The first kappa shape index (κ1) is 31.1. The molecule has 0 aromatic heterocycles. The highest BCUT2D eigenvalue weighted by molar-refractivity contribution is 7.52. The monoisotopic (exact) mass is 658 g/mol. The molecule has 4 aromatic carbocycles. The fraction of sp³-hybridized carbons (Fsp3) is 0.333. The van der Waals surface area contributed by atoms with E-state index < -0.39 is 15.5 Å². The molecule has 10 heteroatoms. The standard InChI is InChI=1S/2C18H20NO3P/c2*1-11-5-13(3)17-15(7-11)9-19-10-16-8-12(2)6-14(4)18(16)22-23(19,20)21-17/h2*5-8H,9-10H2,1-4H3. The molecular formula is C36H40N2O6P2. The van der Waals surface area contributed by atoms with Crippen LogP contribution in [-0.2, 0) is 35.3 Å². The van der Waals surface area contributed by atoms with E-state index in [-0.39, 0.29) is 0 Å². The lowest BCUT2D eigenvalue weighted by Gasteiger charge is -2.39. The van der Waals surface area contributed by atoms with Crippen LogP contribution in [0.3, 0.4) is 0 Å². The third-order valence-electron chi connectivity index (χ3n) is 8.91. The molecule has 4 aromatic rings. The van der Waals surface area contributed by atoms with Crippen molar-refractivity contribution < 1.29 is 27.2 Å². The van der Waals surface area contributed by atoms with Crippen LogP contribution in [-0.4, -0.2) is 9.34 Å². The van der Waals surface area contributed by atoms with Gasteiger partial charge in [0, 0.05) is 48.4 Å². The van der Waals surface area contributed by atoms with Gasteiger partial charge in [0.05, 0.1) is 0 Å². The van der Waals surface area contributed by atoms with E-state index >= 15 is 0 Å². The quantitative estimate of drug-likeness (QED) is 0.173. The van der Waals surface area contributed by atoms with Crippen molar-refractivity contribution in [3.05, 3.63) is 115 Å². The van der Waals surface area contributed by atoms with Gasteiger partial charge in [-0.1, -0.05) is 70.8 Å². The van der Waals surface area contributed by atoms with Crippen molar-refractivity contribution in [2.45, 2.75) is 81.6 Å². The molecule has 240 valence electrons. The maximum atomic E-state index is 13.3. The highest BCUT2D eigenvalue weighted by atomic mass is 31.2. The van der Waals surface area contributed by atoms with Crippen molar-refractivity contribution in [3.63, 3.8) is 0 Å². The Morgan fingerprint density at radius 1 is 0.413 bits per heavy atom. The van der Waals surface area contributed by atoms with Crippen LogP contribution in [0.1, 0.15) is 66.8 Å². The molecule has 0 unspecified atom stereocenters. The maximum absolute atomic E-state index is 13.3. The van der Waals surface area contributed by atoms with Gasteiger partial charge < -0.3 is 18.1 Å². The van der Waals surface area contributed by atoms with E-state index in [0.29, 0.717) is 49.2 Å². The molecule has 0 amide bonds. The molecule has 0 saturated carbocycles. The molecular weight excluding hydrogens is 618 g/mol. The molecule has 8 rings (SSSR count). The predicted molar refractivity (Wildman–Crippen MR) is 180 cm³/mol. The van der Waals surface area contributed by atoms with Crippen LogP contribution in [0.5, 0.6) is 23.0 Å². The highest BCUT2D eigenvalue weighted by Crippen LogP contribution is 2.62. The van der Waals surface area contributed by atoms with Crippen molar-refractivity contribution in [1.82, 2.24) is 9.34 Å². The summed E-state index contributed by atoms with van der Waals surface area (Å²) in [5, 5.41) is 0. The summed E-state index contributed by atoms with van der Waals surface area (Å²) in [6, 6.07) is 16.6. The largest absolute Gasteiger partial charge is 0.516 e. The minimum Gasteiger partial charge on any atom is -0.404 e. The Bertz CT molecular complexity index is 1760. The van der Waals surface area contributed by atoms with Crippen LogP contribution in [0.25, 0.3) is 0 Å². The summed E-state index contributed by atoms with van der Waals surface area (Å²) in [5.41, 5.74) is 13.1. The number of benzene rings is 4. The summed E-state index contributed by atoms with van der Waals surface area (Å²) < 4.78 is 53.9. The Morgan fingerprint density at radius 3 is 0.848 bits per heavy atom. The lowest BCUT2D eigenvalue weighted by Crippen LogP contribution is -2.33. The Hall–Kier alpha value is -3.54. The van der Waals surface area contributed by atoms with Gasteiger partial charge in [-0.3, -0.25) is 0 Å². The number of hydrogen-bond donors (Lipinski definition) is 0. The Balaban J connectivity index is 0.000000147. The minimum absolute atomic E-state index is 0.585. The smallest absolute Gasteiger partial charge is 0.404 e. The number of nitrogens with zero attached hydrogens (tertiary/aromatic N) is 2. The maximum Gasteiger partial charge on any atom is 0.516 e. The van der Waals surface area contributed by atoms with Gasteiger partial charge in [-0.15, -0.1) is 0 Å². The number of aryl methyl sites for hydroxylation is 8. The summed E-state index contributed by atoms with van der Waals surface area (Å²) in [6.45, 7) is 18.5. The van der Waals surface area contributed by atoms with Crippen LogP contribution in [0.15, 0.2) is 48.5 Å². The molecule has 0 bridgehead atoms. The van der Waals surface area contributed by atoms with Crippen molar-refractivity contribution in [3.8, 4) is 23.0 Å². The molecule has 0 saturated heterocycles. The van der Waals surface area contributed by atoms with Gasteiger partial charge in [-0.05, 0) is 77.6 Å². The molecule has 0 N–H and O–H groups in total. The summed E-state index contributed by atoms with van der Waals surface area (Å²) in [5.74, 6) is 2.85. The second-order valence-electron chi connectivity index (χ2n) is 13.2. The SMILES string of the molecule is Cc1cc(C)c2c(c1)CN1Cc3cc(C)cc(C)c3OP1(=O)O2.Cc1cc(C)c2c(c1)CN1Cc3cc(C)cc(C)c3OP1(=O)O2. The molecule has 0 aliphatic carbocycles. The van der Waals surface area contributed by atoms with E-state index in [2.05, 4.69) is 52.0 Å². The first-order valence-electron chi connectivity index (χ1n) is 15.6. The first-order valence-corrected chi connectivity index (χ1v) is 18.6. The third-order valence-corrected chi connectivity index (χ3v) is 12.5. The molecule has 4 heterocycles. The molecule has 0 atom stereocenters. The summed E-state index contributed by atoms with van der Waals surface area (Å²) >= 11 is 0. The average Bonchev–Trinajstić information content (AvgIpc) is 2.95. The molecule has 0 radical (unpaired) electrons. The Labute approximate surface area is 271 Å². The fourth-order valence-corrected chi connectivity index (χ4v) is 10.9. The lowest BCUT2D eigenvalue weighted by molar-refractivity contribution is 0.234. The van der Waals surface area contributed by atoms with Crippen molar-refractivity contribution in [1.29, 1.82) is 0 Å². The zero-order valence-corrected chi connectivity index (χ0v) is 29.5. The van der Waals surface area contributed by atoms with Crippen molar-refractivity contribution in [2.75, 3.05) is 0 Å². The molecule has 46 heavy (non-hydrogen) atoms. The van der Waals surface area contributed by atoms with E-state index in [4.69, 9.17) is 18.1 Å². The number of rotatable bonds is 0. The summed E-state index contributed by atoms with van der Waals surface area (Å²) in [7, 11) is -6.67. The van der Waals surface area contributed by atoms with Gasteiger partial charge in [0.2, 0.25) is 0 Å². The van der Waals surface area contributed by atoms with Gasteiger partial charge in [0.15, 0.2) is 0 Å². The van der Waals surface area contributed by atoms with Crippen molar-refractivity contribution in [2.24, 2.45) is 0 Å². The molecule has 0 spiro atoms. The van der Waals surface area contributed by atoms with E-state index in [1.54, 1.807) is 0 Å². The van der Waals surface area contributed by atoms with Crippen LogP contribution >= 0.6 is 15.5 Å². The van der Waals surface area contributed by atoms with E-state index in [0.717, 1.165) is 44.5 Å². The number of hydrogen-bond acceptors (Lipinski definition) is 6. The van der Waals surface area contributed by atoms with Gasteiger partial charge in [-0.2, -0.15) is 9.34 Å². The van der Waals surface area contributed by atoms with E-state index in [1.165, 1.54) is 22.3 Å².